The highest BCUT2D eigenvalue weighted by Gasteiger charge is 2.54. The van der Waals surface area contributed by atoms with Crippen LogP contribution in [0.2, 0.25) is 0 Å². The molecule has 2 aromatic carbocycles. The predicted molar refractivity (Wildman–Crippen MR) is 135 cm³/mol. The number of aryl methyl sites for hydroxylation is 1. The van der Waals surface area contributed by atoms with Gasteiger partial charge in [0, 0.05) is 11.3 Å². The first-order chi connectivity index (χ1) is 17.9. The van der Waals surface area contributed by atoms with Gasteiger partial charge in [0.15, 0.2) is 18.7 Å². The molecule has 3 heterocycles. The fourth-order valence-electron chi connectivity index (χ4n) is 4.72. The van der Waals surface area contributed by atoms with E-state index in [-0.39, 0.29) is 6.61 Å². The van der Waals surface area contributed by atoms with Gasteiger partial charge in [-0.2, -0.15) is 5.11 Å². The second kappa shape index (κ2) is 10.8. The van der Waals surface area contributed by atoms with Crippen LogP contribution >= 0.6 is 11.3 Å². The molecule has 2 aliphatic rings. The highest BCUT2D eigenvalue weighted by Crippen LogP contribution is 2.37. The molecule has 0 spiro atoms. The molecule has 2 unspecified atom stereocenters. The summed E-state index contributed by atoms with van der Waals surface area (Å²) >= 11 is 1.51. The SMILES string of the molecule is CN=NN(C(C)F)[C@@H]1[C@@H](O)[C@H](C(=O)Nc2ccc3nc(C)sc3c2)OC2CO[C@H](c3ccccc3)O[C@@H]21. The minimum Gasteiger partial charge on any atom is -0.388 e. The number of rotatable bonds is 6. The molecule has 5 rings (SSSR count). The lowest BCUT2D eigenvalue weighted by molar-refractivity contribution is -0.319. The molecule has 2 N–H and O–H groups in total. The lowest BCUT2D eigenvalue weighted by atomic mass is 9.90. The maximum absolute atomic E-state index is 14.7. The first-order valence-electron chi connectivity index (χ1n) is 11.9. The summed E-state index contributed by atoms with van der Waals surface area (Å²) < 4.78 is 33.7. The predicted octanol–water partition coefficient (Wildman–Crippen LogP) is 3.77. The van der Waals surface area contributed by atoms with E-state index in [1.165, 1.54) is 25.3 Å². The second-order valence-corrected chi connectivity index (χ2v) is 10.1. The maximum Gasteiger partial charge on any atom is 0.256 e. The number of carbonyl (C=O) groups is 1. The fourth-order valence-corrected chi connectivity index (χ4v) is 5.58. The Morgan fingerprint density at radius 1 is 1.27 bits per heavy atom. The van der Waals surface area contributed by atoms with Gasteiger partial charge in [-0.05, 0) is 32.0 Å². The van der Waals surface area contributed by atoms with Gasteiger partial charge in [0.25, 0.3) is 5.91 Å². The molecule has 2 fully saturated rings. The number of ether oxygens (including phenoxy) is 3. The van der Waals surface area contributed by atoms with Crippen molar-refractivity contribution in [3.8, 4) is 0 Å². The third-order valence-corrected chi connectivity index (χ3v) is 7.27. The zero-order chi connectivity index (χ0) is 26.1. The molecule has 1 amide bonds. The summed E-state index contributed by atoms with van der Waals surface area (Å²) in [7, 11) is 1.40. The highest BCUT2D eigenvalue weighted by atomic mass is 32.1. The number of halogens is 1. The van der Waals surface area contributed by atoms with Gasteiger partial charge in [0.05, 0.1) is 28.9 Å². The van der Waals surface area contributed by atoms with Crippen LogP contribution in [0.3, 0.4) is 0 Å². The molecule has 2 saturated heterocycles. The van der Waals surface area contributed by atoms with Crippen LogP contribution < -0.4 is 5.32 Å². The maximum atomic E-state index is 14.7. The Bertz CT molecular complexity index is 1270. The van der Waals surface area contributed by atoms with Gasteiger partial charge in [-0.25, -0.2) is 14.4 Å². The number of carbonyl (C=O) groups excluding carboxylic acids is 1. The van der Waals surface area contributed by atoms with Gasteiger partial charge in [0.1, 0.15) is 24.4 Å². The summed E-state index contributed by atoms with van der Waals surface area (Å²) in [6, 6.07) is 13.6. The van der Waals surface area contributed by atoms with Gasteiger partial charge >= 0.3 is 0 Å². The van der Waals surface area contributed by atoms with Crippen molar-refractivity contribution in [2.24, 2.45) is 10.3 Å². The Kier molecular flexibility index (Phi) is 7.45. The Labute approximate surface area is 217 Å². The smallest absolute Gasteiger partial charge is 0.256 e. The largest absolute Gasteiger partial charge is 0.388 e. The lowest BCUT2D eigenvalue weighted by Gasteiger charge is -2.50. The van der Waals surface area contributed by atoms with E-state index in [4.69, 9.17) is 14.2 Å². The van der Waals surface area contributed by atoms with Crippen molar-refractivity contribution < 1.29 is 28.5 Å². The van der Waals surface area contributed by atoms with Crippen LogP contribution in [-0.4, -0.2) is 71.4 Å². The van der Waals surface area contributed by atoms with Crippen molar-refractivity contribution in [3.05, 3.63) is 59.1 Å². The quantitative estimate of drug-likeness (QED) is 0.284. The molecule has 0 bridgehead atoms. The molecule has 1 aromatic heterocycles. The number of aliphatic hydroxyl groups excluding tert-OH is 1. The number of aromatic nitrogens is 1. The fraction of sp³-hybridized carbons (Fsp3) is 0.440. The average molecular weight is 530 g/mol. The van der Waals surface area contributed by atoms with Crippen molar-refractivity contribution in [1.82, 2.24) is 9.99 Å². The van der Waals surface area contributed by atoms with Gasteiger partial charge in [-0.15, -0.1) is 11.3 Å². The number of hydrogen-bond donors (Lipinski definition) is 2. The third-order valence-electron chi connectivity index (χ3n) is 6.33. The Balaban J connectivity index is 1.41. The number of alkyl halides is 1. The number of benzene rings is 2. The first kappa shape index (κ1) is 25.6. The van der Waals surface area contributed by atoms with E-state index in [1.807, 2.05) is 49.4 Å². The second-order valence-electron chi connectivity index (χ2n) is 8.90. The van der Waals surface area contributed by atoms with Gasteiger partial charge in [-0.3, -0.25) is 4.79 Å². The average Bonchev–Trinajstić information content (AvgIpc) is 3.26. The normalized spacial score (nSPS) is 28.7. The summed E-state index contributed by atoms with van der Waals surface area (Å²) in [6.45, 7) is 3.26. The number of anilines is 1. The van der Waals surface area contributed by atoms with E-state index in [2.05, 4.69) is 20.6 Å². The van der Waals surface area contributed by atoms with E-state index in [9.17, 15) is 14.3 Å². The van der Waals surface area contributed by atoms with Crippen LogP contribution in [0.15, 0.2) is 58.9 Å². The van der Waals surface area contributed by atoms with E-state index >= 15 is 0 Å². The number of nitrogens with one attached hydrogen (secondary N) is 1. The molecule has 2 aliphatic heterocycles. The summed E-state index contributed by atoms with van der Waals surface area (Å²) in [5.41, 5.74) is 2.12. The Morgan fingerprint density at radius 2 is 2.05 bits per heavy atom. The van der Waals surface area contributed by atoms with Crippen LogP contribution in [0.25, 0.3) is 10.2 Å². The topological polar surface area (TPSA) is 118 Å². The van der Waals surface area contributed by atoms with Crippen molar-refractivity contribution >= 4 is 33.1 Å². The Hall–Kier alpha value is -3.03. The van der Waals surface area contributed by atoms with Gasteiger partial charge in [0.2, 0.25) is 0 Å². The number of nitrogens with zero attached hydrogens (tertiary/aromatic N) is 4. The number of thiazole rings is 1. The molecule has 0 saturated carbocycles. The van der Waals surface area contributed by atoms with Gasteiger partial charge in [-0.1, -0.05) is 35.6 Å². The third kappa shape index (κ3) is 5.20. The van der Waals surface area contributed by atoms with Crippen molar-refractivity contribution in [2.45, 2.75) is 56.9 Å². The molecule has 37 heavy (non-hydrogen) atoms. The van der Waals surface area contributed by atoms with Crippen LogP contribution in [0.4, 0.5) is 10.1 Å². The molecule has 0 aliphatic carbocycles. The van der Waals surface area contributed by atoms with Gasteiger partial charge < -0.3 is 24.6 Å². The highest BCUT2D eigenvalue weighted by molar-refractivity contribution is 7.18. The number of aliphatic hydroxyl groups is 1. The summed E-state index contributed by atoms with van der Waals surface area (Å²) in [5.74, 6) is -0.582. The van der Waals surface area contributed by atoms with Crippen molar-refractivity contribution in [1.29, 1.82) is 0 Å². The van der Waals surface area contributed by atoms with Crippen molar-refractivity contribution in [3.63, 3.8) is 0 Å². The zero-order valence-corrected chi connectivity index (χ0v) is 21.3. The molecule has 12 heteroatoms. The first-order valence-corrected chi connectivity index (χ1v) is 12.7. The minimum absolute atomic E-state index is 0.0705. The molecule has 0 radical (unpaired) electrons. The van der Waals surface area contributed by atoms with Crippen LogP contribution in [0, 0.1) is 6.92 Å². The molecular weight excluding hydrogens is 501 g/mol. The molecule has 196 valence electrons. The van der Waals surface area contributed by atoms with Crippen LogP contribution in [0.1, 0.15) is 23.8 Å². The van der Waals surface area contributed by atoms with E-state index < -0.39 is 49.0 Å². The standard InChI is InChI=1S/C25H28FN5O5S/c1-13(26)31(30-27-3)20-21(32)23(24(33)29-16-9-10-17-19(11-16)37-14(2)28-17)35-18-12-34-25(36-22(18)20)15-7-5-4-6-8-15/h4-11,13,18,20-23,25,32H,12H2,1-3H3,(H,29,33)/t13?,18?,20-,21-,22+,23-,25+/m1/s1. The van der Waals surface area contributed by atoms with E-state index in [0.717, 1.165) is 25.8 Å². The number of fused-ring (bicyclic) bond motifs is 2. The number of hydrogen-bond acceptors (Lipinski definition) is 9. The number of amides is 1. The summed E-state index contributed by atoms with van der Waals surface area (Å²) in [5, 5.41) is 23.7. The summed E-state index contributed by atoms with van der Waals surface area (Å²) in [6.07, 6.45) is -6.80. The monoisotopic (exact) mass is 529 g/mol. The molecule has 3 aromatic rings. The molecular formula is C25H28FN5O5S. The van der Waals surface area contributed by atoms with Crippen LogP contribution in [0.5, 0.6) is 0 Å². The van der Waals surface area contributed by atoms with E-state index in [1.54, 1.807) is 6.07 Å². The van der Waals surface area contributed by atoms with Crippen LogP contribution in [-0.2, 0) is 19.0 Å². The minimum atomic E-state index is -1.62. The Morgan fingerprint density at radius 3 is 2.78 bits per heavy atom. The molecule has 10 nitrogen and oxygen atoms in total. The van der Waals surface area contributed by atoms with Crippen molar-refractivity contribution in [2.75, 3.05) is 19.0 Å². The molecule has 7 atom stereocenters. The summed E-state index contributed by atoms with van der Waals surface area (Å²) in [4.78, 5) is 17.7. The van der Waals surface area contributed by atoms with E-state index in [0.29, 0.717) is 5.69 Å². The zero-order valence-electron chi connectivity index (χ0n) is 20.5. The lowest BCUT2D eigenvalue weighted by Crippen LogP contribution is -2.68.